The first-order valence-corrected chi connectivity index (χ1v) is 4.82. The first-order valence-electron chi connectivity index (χ1n) is 4.82. The van der Waals surface area contributed by atoms with Gasteiger partial charge in [0.1, 0.15) is 0 Å². The van der Waals surface area contributed by atoms with E-state index in [-0.39, 0.29) is 0 Å². The molecule has 0 aromatic rings. The van der Waals surface area contributed by atoms with E-state index in [4.69, 9.17) is 9.84 Å². The van der Waals surface area contributed by atoms with E-state index in [0.29, 0.717) is 18.5 Å². The molecular formula is C9H15NO3. The number of hydrogen-bond acceptors (Lipinski definition) is 3. The third kappa shape index (κ3) is 1.84. The van der Waals surface area contributed by atoms with Crippen LogP contribution in [0.4, 0.5) is 0 Å². The number of rotatable bonds is 4. The van der Waals surface area contributed by atoms with Crippen molar-refractivity contribution in [1.29, 1.82) is 0 Å². The molecule has 2 fully saturated rings. The summed E-state index contributed by atoms with van der Waals surface area (Å²) in [5.74, 6) is -0.684. The summed E-state index contributed by atoms with van der Waals surface area (Å²) in [5, 5.41) is 8.53. The summed E-state index contributed by atoms with van der Waals surface area (Å²) in [6.45, 7) is 2.80. The van der Waals surface area contributed by atoms with Gasteiger partial charge >= 0.3 is 5.97 Å². The van der Waals surface area contributed by atoms with Gasteiger partial charge in [0.25, 0.3) is 0 Å². The highest BCUT2D eigenvalue weighted by atomic mass is 16.5. The first kappa shape index (κ1) is 8.97. The molecule has 74 valence electrons. The van der Waals surface area contributed by atoms with Gasteiger partial charge in [0.2, 0.25) is 0 Å². The summed E-state index contributed by atoms with van der Waals surface area (Å²) in [7, 11) is 0. The summed E-state index contributed by atoms with van der Waals surface area (Å²) in [6, 6.07) is 1.08. The van der Waals surface area contributed by atoms with Gasteiger partial charge in [-0.3, -0.25) is 9.69 Å². The Kier molecular flexibility index (Phi) is 2.51. The number of likely N-dealkylation sites (tertiary alicyclic amines) is 1. The van der Waals surface area contributed by atoms with E-state index >= 15 is 0 Å². The Morgan fingerprint density at radius 2 is 2.31 bits per heavy atom. The lowest BCUT2D eigenvalue weighted by atomic mass is 9.94. The standard InChI is InChI=1S/C9H15NO3/c11-9(12)2-1-7-3-4-10(7)8-5-13-6-8/h7-8H,1-6H2,(H,11,12). The Balaban J connectivity index is 1.71. The topological polar surface area (TPSA) is 49.8 Å². The van der Waals surface area contributed by atoms with Crippen LogP contribution >= 0.6 is 0 Å². The number of nitrogens with zero attached hydrogens (tertiary/aromatic N) is 1. The summed E-state index contributed by atoms with van der Waals surface area (Å²) in [5.41, 5.74) is 0. The predicted molar refractivity (Wildman–Crippen MR) is 46.6 cm³/mol. The fraction of sp³-hybridized carbons (Fsp3) is 0.889. The van der Waals surface area contributed by atoms with E-state index in [1.54, 1.807) is 0 Å². The smallest absolute Gasteiger partial charge is 0.303 e. The number of carboxylic acid groups (broad SMARTS) is 1. The molecule has 4 nitrogen and oxygen atoms in total. The zero-order chi connectivity index (χ0) is 9.26. The van der Waals surface area contributed by atoms with Gasteiger partial charge in [-0.15, -0.1) is 0 Å². The molecule has 0 bridgehead atoms. The molecular weight excluding hydrogens is 170 g/mol. The van der Waals surface area contributed by atoms with E-state index in [1.807, 2.05) is 0 Å². The average Bonchev–Trinajstić information content (AvgIpc) is 1.93. The molecule has 2 aliphatic rings. The maximum atomic E-state index is 10.4. The van der Waals surface area contributed by atoms with Crippen LogP contribution in [0.1, 0.15) is 19.3 Å². The molecule has 1 atom stereocenters. The fourth-order valence-corrected chi connectivity index (χ4v) is 1.96. The first-order chi connectivity index (χ1) is 6.27. The van der Waals surface area contributed by atoms with Crippen molar-refractivity contribution >= 4 is 5.97 Å². The molecule has 0 aliphatic carbocycles. The van der Waals surface area contributed by atoms with Crippen LogP contribution in [0.5, 0.6) is 0 Å². The molecule has 0 radical (unpaired) electrons. The second kappa shape index (κ2) is 3.64. The van der Waals surface area contributed by atoms with Crippen molar-refractivity contribution in [3.8, 4) is 0 Å². The summed E-state index contributed by atoms with van der Waals surface area (Å²) in [4.78, 5) is 12.7. The molecule has 13 heavy (non-hydrogen) atoms. The molecule has 0 spiro atoms. The molecule has 0 aromatic carbocycles. The highest BCUT2D eigenvalue weighted by Gasteiger charge is 2.37. The highest BCUT2D eigenvalue weighted by Crippen LogP contribution is 2.27. The van der Waals surface area contributed by atoms with Crippen LogP contribution < -0.4 is 0 Å². The lowest BCUT2D eigenvalue weighted by Gasteiger charge is -2.49. The molecule has 2 saturated heterocycles. The summed E-state index contributed by atoms with van der Waals surface area (Å²) in [6.07, 6.45) is 2.25. The van der Waals surface area contributed by atoms with Crippen molar-refractivity contribution in [2.75, 3.05) is 19.8 Å². The Hall–Kier alpha value is -0.610. The molecule has 1 N–H and O–H groups in total. The van der Waals surface area contributed by atoms with Crippen LogP contribution in [0.2, 0.25) is 0 Å². The van der Waals surface area contributed by atoms with Gasteiger partial charge in [-0.05, 0) is 12.8 Å². The molecule has 0 aromatic heterocycles. The number of aliphatic carboxylic acids is 1. The predicted octanol–water partition coefficient (Wildman–Crippen LogP) is 0.324. The van der Waals surface area contributed by atoms with Gasteiger partial charge in [-0.1, -0.05) is 0 Å². The van der Waals surface area contributed by atoms with E-state index in [9.17, 15) is 4.79 Å². The van der Waals surface area contributed by atoms with Gasteiger partial charge in [0.15, 0.2) is 0 Å². The van der Waals surface area contributed by atoms with E-state index in [1.165, 1.54) is 0 Å². The van der Waals surface area contributed by atoms with Gasteiger partial charge in [-0.25, -0.2) is 0 Å². The number of carbonyl (C=O) groups is 1. The quantitative estimate of drug-likeness (QED) is 0.685. The van der Waals surface area contributed by atoms with Crippen molar-refractivity contribution in [3.63, 3.8) is 0 Å². The largest absolute Gasteiger partial charge is 0.481 e. The number of carboxylic acids is 1. The number of hydrogen-bond donors (Lipinski definition) is 1. The van der Waals surface area contributed by atoms with E-state index < -0.39 is 5.97 Å². The zero-order valence-electron chi connectivity index (χ0n) is 7.61. The van der Waals surface area contributed by atoms with Crippen molar-refractivity contribution in [1.82, 2.24) is 4.90 Å². The monoisotopic (exact) mass is 185 g/mol. The van der Waals surface area contributed by atoms with Gasteiger partial charge in [-0.2, -0.15) is 0 Å². The maximum absolute atomic E-state index is 10.4. The Labute approximate surface area is 77.5 Å². The van der Waals surface area contributed by atoms with Crippen LogP contribution in [0, 0.1) is 0 Å². The van der Waals surface area contributed by atoms with Crippen molar-refractivity contribution < 1.29 is 14.6 Å². The third-order valence-corrected chi connectivity index (χ3v) is 2.97. The molecule has 2 heterocycles. The fourth-order valence-electron chi connectivity index (χ4n) is 1.96. The third-order valence-electron chi connectivity index (χ3n) is 2.97. The van der Waals surface area contributed by atoms with Gasteiger partial charge in [0.05, 0.1) is 19.3 Å². The minimum atomic E-state index is -0.684. The highest BCUT2D eigenvalue weighted by molar-refractivity contribution is 5.66. The van der Waals surface area contributed by atoms with Crippen LogP contribution in [0.15, 0.2) is 0 Å². The Morgan fingerprint density at radius 3 is 2.69 bits per heavy atom. The molecule has 0 saturated carbocycles. The van der Waals surface area contributed by atoms with Crippen molar-refractivity contribution in [2.45, 2.75) is 31.3 Å². The van der Waals surface area contributed by atoms with E-state index in [2.05, 4.69) is 4.90 Å². The SMILES string of the molecule is O=C(O)CCC1CCN1C1COC1. The Morgan fingerprint density at radius 1 is 1.54 bits per heavy atom. The molecule has 0 amide bonds. The summed E-state index contributed by atoms with van der Waals surface area (Å²) < 4.78 is 5.11. The number of ether oxygens (including phenoxy) is 1. The Bertz CT molecular complexity index is 203. The van der Waals surface area contributed by atoms with Crippen LogP contribution in [-0.4, -0.2) is 47.8 Å². The average molecular weight is 185 g/mol. The molecule has 4 heteroatoms. The lowest BCUT2D eigenvalue weighted by molar-refractivity contribution is -0.139. The molecule has 1 unspecified atom stereocenters. The molecule has 2 rings (SSSR count). The van der Waals surface area contributed by atoms with Gasteiger partial charge in [0, 0.05) is 19.0 Å². The van der Waals surface area contributed by atoms with Crippen LogP contribution in [-0.2, 0) is 9.53 Å². The lowest BCUT2D eigenvalue weighted by Crippen LogP contribution is -2.60. The zero-order valence-corrected chi connectivity index (χ0v) is 7.61. The second-order valence-corrected chi connectivity index (χ2v) is 3.80. The second-order valence-electron chi connectivity index (χ2n) is 3.80. The van der Waals surface area contributed by atoms with Crippen molar-refractivity contribution in [2.24, 2.45) is 0 Å². The maximum Gasteiger partial charge on any atom is 0.303 e. The minimum absolute atomic E-state index is 0.300. The minimum Gasteiger partial charge on any atom is -0.481 e. The van der Waals surface area contributed by atoms with Crippen LogP contribution in [0.25, 0.3) is 0 Å². The van der Waals surface area contributed by atoms with Crippen molar-refractivity contribution in [3.05, 3.63) is 0 Å². The normalized spacial score (nSPS) is 29.4. The van der Waals surface area contributed by atoms with Gasteiger partial charge < -0.3 is 9.84 Å². The summed E-state index contributed by atoms with van der Waals surface area (Å²) >= 11 is 0. The molecule has 2 aliphatic heterocycles. The van der Waals surface area contributed by atoms with Crippen LogP contribution in [0.3, 0.4) is 0 Å². The van der Waals surface area contributed by atoms with E-state index in [0.717, 1.165) is 32.6 Å².